The standard InChI is InChI=1S/C8H18O2Si/c1-3-10-11(4-2)7-8-5-9-6-8/h8,11H,3-7H2,1-2H3. The monoisotopic (exact) mass is 174 g/mol. The van der Waals surface area contributed by atoms with Crippen LogP contribution >= 0.6 is 0 Å². The van der Waals surface area contributed by atoms with Gasteiger partial charge in [-0.05, 0) is 19.0 Å². The molecule has 66 valence electrons. The summed E-state index contributed by atoms with van der Waals surface area (Å²) in [5.74, 6) is 0.832. The van der Waals surface area contributed by atoms with Crippen molar-refractivity contribution < 1.29 is 9.16 Å². The highest BCUT2D eigenvalue weighted by molar-refractivity contribution is 6.51. The minimum atomic E-state index is -0.817. The summed E-state index contributed by atoms with van der Waals surface area (Å²) in [6.45, 7) is 7.20. The molecule has 1 fully saturated rings. The minimum absolute atomic E-state index is 0.817. The van der Waals surface area contributed by atoms with Crippen LogP contribution < -0.4 is 0 Å². The van der Waals surface area contributed by atoms with E-state index >= 15 is 0 Å². The van der Waals surface area contributed by atoms with Gasteiger partial charge in [0.15, 0.2) is 9.04 Å². The highest BCUT2D eigenvalue weighted by Gasteiger charge is 2.23. The van der Waals surface area contributed by atoms with Crippen LogP contribution in [0.4, 0.5) is 0 Å². The second-order valence-electron chi connectivity index (χ2n) is 3.12. The van der Waals surface area contributed by atoms with Crippen molar-refractivity contribution >= 4 is 9.04 Å². The average Bonchev–Trinajstić information content (AvgIpc) is 1.94. The first-order valence-corrected chi connectivity index (χ1v) is 6.66. The van der Waals surface area contributed by atoms with Gasteiger partial charge in [-0.25, -0.2) is 0 Å². The van der Waals surface area contributed by atoms with E-state index in [4.69, 9.17) is 9.16 Å². The Kier molecular flexibility index (Phi) is 4.11. The summed E-state index contributed by atoms with van der Waals surface area (Å²) in [5.41, 5.74) is 0. The van der Waals surface area contributed by atoms with E-state index in [1.165, 1.54) is 12.1 Å². The quantitative estimate of drug-likeness (QED) is 0.587. The van der Waals surface area contributed by atoms with E-state index < -0.39 is 9.04 Å². The predicted molar refractivity (Wildman–Crippen MR) is 48.4 cm³/mol. The van der Waals surface area contributed by atoms with Crippen LogP contribution in [0, 0.1) is 5.92 Å². The Morgan fingerprint density at radius 1 is 1.45 bits per heavy atom. The molecule has 0 aromatic rings. The maximum absolute atomic E-state index is 5.68. The number of hydrogen-bond donors (Lipinski definition) is 0. The molecule has 11 heavy (non-hydrogen) atoms. The van der Waals surface area contributed by atoms with Crippen LogP contribution in [0.2, 0.25) is 12.1 Å². The first-order chi connectivity index (χ1) is 5.36. The molecule has 2 nitrogen and oxygen atoms in total. The number of ether oxygens (including phenoxy) is 1. The summed E-state index contributed by atoms with van der Waals surface area (Å²) in [6, 6.07) is 2.59. The van der Waals surface area contributed by atoms with Crippen molar-refractivity contribution in [2.75, 3.05) is 19.8 Å². The largest absolute Gasteiger partial charge is 0.420 e. The molecular weight excluding hydrogens is 156 g/mol. The topological polar surface area (TPSA) is 18.5 Å². The minimum Gasteiger partial charge on any atom is -0.420 e. The SMILES string of the molecule is CCO[SiH](CC)CC1COC1. The molecule has 0 aromatic carbocycles. The van der Waals surface area contributed by atoms with Crippen molar-refractivity contribution in [1.82, 2.24) is 0 Å². The van der Waals surface area contributed by atoms with E-state index in [1.54, 1.807) is 0 Å². The first-order valence-electron chi connectivity index (χ1n) is 4.56. The summed E-state index contributed by atoms with van der Waals surface area (Å²) in [4.78, 5) is 0. The van der Waals surface area contributed by atoms with E-state index in [-0.39, 0.29) is 0 Å². The third-order valence-electron chi connectivity index (χ3n) is 2.16. The number of hydrogen-bond acceptors (Lipinski definition) is 2. The molecule has 1 saturated heterocycles. The molecule has 0 saturated carbocycles. The second-order valence-corrected chi connectivity index (χ2v) is 5.99. The molecule has 1 heterocycles. The Morgan fingerprint density at radius 2 is 2.18 bits per heavy atom. The van der Waals surface area contributed by atoms with Crippen molar-refractivity contribution in [2.45, 2.75) is 25.9 Å². The lowest BCUT2D eigenvalue weighted by Crippen LogP contribution is -2.33. The van der Waals surface area contributed by atoms with Crippen LogP contribution in [-0.2, 0) is 9.16 Å². The van der Waals surface area contributed by atoms with Gasteiger partial charge in [-0.3, -0.25) is 0 Å². The molecule has 1 aliphatic heterocycles. The normalized spacial score (nSPS) is 21.3. The summed E-state index contributed by atoms with van der Waals surface area (Å²) >= 11 is 0. The van der Waals surface area contributed by atoms with Gasteiger partial charge >= 0.3 is 0 Å². The zero-order valence-electron chi connectivity index (χ0n) is 7.51. The predicted octanol–water partition coefficient (Wildman–Crippen LogP) is 1.41. The highest BCUT2D eigenvalue weighted by Crippen LogP contribution is 2.18. The average molecular weight is 174 g/mol. The fourth-order valence-corrected chi connectivity index (χ4v) is 3.57. The summed E-state index contributed by atoms with van der Waals surface area (Å²) < 4.78 is 10.8. The third kappa shape index (κ3) is 2.93. The molecular formula is C8H18O2Si. The molecule has 1 atom stereocenters. The van der Waals surface area contributed by atoms with Crippen molar-refractivity contribution in [3.63, 3.8) is 0 Å². The van der Waals surface area contributed by atoms with Crippen molar-refractivity contribution in [1.29, 1.82) is 0 Å². The van der Waals surface area contributed by atoms with E-state index in [1.807, 2.05) is 0 Å². The molecule has 1 unspecified atom stereocenters. The van der Waals surface area contributed by atoms with E-state index in [0.29, 0.717) is 0 Å². The lowest BCUT2D eigenvalue weighted by Gasteiger charge is -2.28. The van der Waals surface area contributed by atoms with E-state index in [9.17, 15) is 0 Å². The van der Waals surface area contributed by atoms with Gasteiger partial charge in [0.2, 0.25) is 0 Å². The Bertz CT molecular complexity index is 104. The van der Waals surface area contributed by atoms with Gasteiger partial charge in [-0.1, -0.05) is 6.92 Å². The van der Waals surface area contributed by atoms with Crippen LogP contribution in [0.3, 0.4) is 0 Å². The zero-order chi connectivity index (χ0) is 8.10. The van der Waals surface area contributed by atoms with Crippen LogP contribution in [0.25, 0.3) is 0 Å². The fourth-order valence-electron chi connectivity index (χ4n) is 1.38. The highest BCUT2D eigenvalue weighted by atomic mass is 28.3. The Morgan fingerprint density at radius 3 is 2.55 bits per heavy atom. The van der Waals surface area contributed by atoms with Crippen molar-refractivity contribution in [3.8, 4) is 0 Å². The maximum Gasteiger partial charge on any atom is 0.177 e. The lowest BCUT2D eigenvalue weighted by atomic mass is 10.1. The van der Waals surface area contributed by atoms with Crippen molar-refractivity contribution in [3.05, 3.63) is 0 Å². The molecule has 3 heteroatoms. The van der Waals surface area contributed by atoms with Gasteiger partial charge in [0.1, 0.15) is 0 Å². The van der Waals surface area contributed by atoms with E-state index in [0.717, 1.165) is 25.7 Å². The smallest absolute Gasteiger partial charge is 0.177 e. The van der Waals surface area contributed by atoms with Gasteiger partial charge in [-0.2, -0.15) is 0 Å². The molecule has 0 bridgehead atoms. The van der Waals surface area contributed by atoms with Gasteiger partial charge in [0.25, 0.3) is 0 Å². The molecule has 0 radical (unpaired) electrons. The van der Waals surface area contributed by atoms with Gasteiger partial charge in [0.05, 0.1) is 13.2 Å². The summed E-state index contributed by atoms with van der Waals surface area (Å²) in [6.07, 6.45) is 0. The van der Waals surface area contributed by atoms with Crippen LogP contribution in [0.5, 0.6) is 0 Å². The Hall–Kier alpha value is 0.137. The molecule has 1 aliphatic rings. The molecule has 0 aromatic heterocycles. The molecule has 1 rings (SSSR count). The van der Waals surface area contributed by atoms with Gasteiger partial charge < -0.3 is 9.16 Å². The Labute approximate surface area is 70.6 Å². The van der Waals surface area contributed by atoms with Crippen molar-refractivity contribution in [2.24, 2.45) is 5.92 Å². The third-order valence-corrected chi connectivity index (χ3v) is 5.07. The molecule has 0 aliphatic carbocycles. The molecule has 0 spiro atoms. The Balaban J connectivity index is 2.08. The van der Waals surface area contributed by atoms with Gasteiger partial charge in [0, 0.05) is 12.5 Å². The summed E-state index contributed by atoms with van der Waals surface area (Å²) in [5, 5.41) is 0. The molecule has 0 amide bonds. The first kappa shape index (κ1) is 9.23. The van der Waals surface area contributed by atoms with Crippen LogP contribution in [-0.4, -0.2) is 28.9 Å². The van der Waals surface area contributed by atoms with Gasteiger partial charge in [-0.15, -0.1) is 0 Å². The summed E-state index contributed by atoms with van der Waals surface area (Å²) in [7, 11) is -0.817. The van der Waals surface area contributed by atoms with Crippen LogP contribution in [0.1, 0.15) is 13.8 Å². The zero-order valence-corrected chi connectivity index (χ0v) is 8.66. The van der Waals surface area contributed by atoms with E-state index in [2.05, 4.69) is 13.8 Å². The lowest BCUT2D eigenvalue weighted by molar-refractivity contribution is -0.0237. The van der Waals surface area contributed by atoms with Crippen LogP contribution in [0.15, 0.2) is 0 Å². The second kappa shape index (κ2) is 4.90. The molecule has 0 N–H and O–H groups in total. The maximum atomic E-state index is 5.68. The fraction of sp³-hybridized carbons (Fsp3) is 1.00. The number of rotatable bonds is 5.